The molecule has 0 heterocycles. The van der Waals surface area contributed by atoms with Crippen molar-refractivity contribution < 1.29 is 13.2 Å². The minimum atomic E-state index is -3.54. The Kier molecular flexibility index (Phi) is 5.44. The average molecular weight is 333 g/mol. The lowest BCUT2D eigenvalue weighted by molar-refractivity contribution is 0.410. The molecule has 0 aromatic heterocycles. The van der Waals surface area contributed by atoms with Gasteiger partial charge >= 0.3 is 0 Å². The molecular formula is C18H23NO3S. The highest BCUT2D eigenvalue weighted by Gasteiger charge is 2.22. The van der Waals surface area contributed by atoms with Gasteiger partial charge in [-0.05, 0) is 55.5 Å². The van der Waals surface area contributed by atoms with Crippen LogP contribution in [0.2, 0.25) is 0 Å². The molecule has 124 valence electrons. The van der Waals surface area contributed by atoms with Gasteiger partial charge in [0.2, 0.25) is 10.0 Å². The highest BCUT2D eigenvalue weighted by molar-refractivity contribution is 7.89. The van der Waals surface area contributed by atoms with Gasteiger partial charge in [-0.1, -0.05) is 30.3 Å². The normalized spacial score (nSPS) is 11.5. The van der Waals surface area contributed by atoms with Gasteiger partial charge in [-0.25, -0.2) is 13.1 Å². The van der Waals surface area contributed by atoms with Crippen LogP contribution in [0.5, 0.6) is 5.75 Å². The lowest BCUT2D eigenvalue weighted by atomic mass is 10.1. The van der Waals surface area contributed by atoms with Crippen LogP contribution in [0.1, 0.15) is 22.3 Å². The van der Waals surface area contributed by atoms with Gasteiger partial charge < -0.3 is 4.74 Å². The molecule has 5 heteroatoms. The monoisotopic (exact) mass is 333 g/mol. The molecule has 0 bridgehead atoms. The van der Waals surface area contributed by atoms with Crippen molar-refractivity contribution in [1.29, 1.82) is 0 Å². The van der Waals surface area contributed by atoms with E-state index < -0.39 is 10.0 Å². The molecule has 23 heavy (non-hydrogen) atoms. The molecule has 0 aliphatic rings. The fraction of sp³-hybridized carbons (Fsp3) is 0.333. The van der Waals surface area contributed by atoms with Crippen LogP contribution in [-0.2, 0) is 16.4 Å². The largest absolute Gasteiger partial charge is 0.496 e. The first-order valence-electron chi connectivity index (χ1n) is 7.55. The van der Waals surface area contributed by atoms with Crippen molar-refractivity contribution in [2.24, 2.45) is 0 Å². The highest BCUT2D eigenvalue weighted by atomic mass is 32.2. The van der Waals surface area contributed by atoms with Gasteiger partial charge in [0.25, 0.3) is 0 Å². The Bertz CT molecular complexity index is 784. The van der Waals surface area contributed by atoms with Crippen LogP contribution in [0.15, 0.2) is 41.3 Å². The van der Waals surface area contributed by atoms with Crippen LogP contribution >= 0.6 is 0 Å². The SMILES string of the molecule is COc1cc(C)c(S(=O)(=O)NCCc2ccccc2)c(C)c1C. The van der Waals surface area contributed by atoms with Crippen LogP contribution < -0.4 is 9.46 Å². The number of rotatable bonds is 6. The van der Waals surface area contributed by atoms with Crippen LogP contribution in [0.3, 0.4) is 0 Å². The molecule has 0 atom stereocenters. The molecule has 2 aromatic carbocycles. The molecule has 0 aliphatic carbocycles. The number of hydrogen-bond acceptors (Lipinski definition) is 3. The zero-order valence-electron chi connectivity index (χ0n) is 14.0. The first-order chi connectivity index (χ1) is 10.9. The highest BCUT2D eigenvalue weighted by Crippen LogP contribution is 2.30. The van der Waals surface area contributed by atoms with E-state index in [0.29, 0.717) is 29.2 Å². The van der Waals surface area contributed by atoms with E-state index >= 15 is 0 Å². The summed E-state index contributed by atoms with van der Waals surface area (Å²) in [5.74, 6) is 0.711. The molecule has 0 saturated carbocycles. The Balaban J connectivity index is 2.21. The molecule has 2 rings (SSSR count). The molecule has 4 nitrogen and oxygen atoms in total. The van der Waals surface area contributed by atoms with Crippen molar-refractivity contribution in [2.75, 3.05) is 13.7 Å². The first-order valence-corrected chi connectivity index (χ1v) is 9.03. The van der Waals surface area contributed by atoms with Crippen molar-refractivity contribution in [3.63, 3.8) is 0 Å². The molecule has 0 fully saturated rings. The summed E-state index contributed by atoms with van der Waals surface area (Å²) < 4.78 is 33.3. The molecule has 0 aliphatic heterocycles. The topological polar surface area (TPSA) is 55.4 Å². The van der Waals surface area contributed by atoms with E-state index in [0.717, 1.165) is 16.7 Å². The Labute approximate surface area is 138 Å². The molecule has 1 N–H and O–H groups in total. The van der Waals surface area contributed by atoms with E-state index in [1.807, 2.05) is 44.2 Å². The fourth-order valence-corrected chi connectivity index (χ4v) is 4.25. The predicted molar refractivity (Wildman–Crippen MR) is 92.5 cm³/mol. The maximum absolute atomic E-state index is 12.7. The molecule has 0 unspecified atom stereocenters. The van der Waals surface area contributed by atoms with E-state index in [1.54, 1.807) is 20.1 Å². The van der Waals surface area contributed by atoms with E-state index in [2.05, 4.69) is 4.72 Å². The van der Waals surface area contributed by atoms with Gasteiger partial charge in [0.05, 0.1) is 12.0 Å². The van der Waals surface area contributed by atoms with Gasteiger partial charge in [0.1, 0.15) is 5.75 Å². The van der Waals surface area contributed by atoms with Crippen LogP contribution in [-0.4, -0.2) is 22.1 Å². The first kappa shape index (κ1) is 17.5. The second kappa shape index (κ2) is 7.15. The molecule has 0 spiro atoms. The summed E-state index contributed by atoms with van der Waals surface area (Å²) in [4.78, 5) is 0.351. The van der Waals surface area contributed by atoms with E-state index in [-0.39, 0.29) is 0 Å². The van der Waals surface area contributed by atoms with E-state index in [1.165, 1.54) is 0 Å². The number of nitrogens with one attached hydrogen (secondary N) is 1. The fourth-order valence-electron chi connectivity index (χ4n) is 2.69. The second-order valence-corrected chi connectivity index (χ2v) is 7.31. The van der Waals surface area contributed by atoms with E-state index in [9.17, 15) is 8.42 Å². The van der Waals surface area contributed by atoms with Crippen molar-refractivity contribution in [1.82, 2.24) is 4.72 Å². The van der Waals surface area contributed by atoms with Gasteiger partial charge in [-0.2, -0.15) is 0 Å². The summed E-state index contributed by atoms with van der Waals surface area (Å²) in [6.07, 6.45) is 0.660. The maximum Gasteiger partial charge on any atom is 0.241 e. The zero-order valence-corrected chi connectivity index (χ0v) is 14.8. The number of ether oxygens (including phenoxy) is 1. The third kappa shape index (κ3) is 3.92. The molecule has 2 aromatic rings. The zero-order chi connectivity index (χ0) is 17.0. The Morgan fingerprint density at radius 3 is 2.30 bits per heavy atom. The van der Waals surface area contributed by atoms with Gasteiger partial charge in [0.15, 0.2) is 0 Å². The average Bonchev–Trinajstić information content (AvgIpc) is 2.51. The molecular weight excluding hydrogens is 310 g/mol. The van der Waals surface area contributed by atoms with Crippen LogP contribution in [0.4, 0.5) is 0 Å². The Hall–Kier alpha value is -1.85. The van der Waals surface area contributed by atoms with Crippen molar-refractivity contribution in [3.05, 3.63) is 58.7 Å². The van der Waals surface area contributed by atoms with Gasteiger partial charge in [0, 0.05) is 6.54 Å². The van der Waals surface area contributed by atoms with Crippen LogP contribution in [0.25, 0.3) is 0 Å². The summed E-state index contributed by atoms with van der Waals surface area (Å²) in [5.41, 5.74) is 3.38. The van der Waals surface area contributed by atoms with Crippen molar-refractivity contribution in [3.8, 4) is 5.75 Å². The summed E-state index contributed by atoms with van der Waals surface area (Å²) in [6, 6.07) is 11.6. The number of hydrogen-bond donors (Lipinski definition) is 1. The summed E-state index contributed by atoms with van der Waals surface area (Å²) in [6.45, 7) is 5.85. The summed E-state index contributed by atoms with van der Waals surface area (Å²) >= 11 is 0. The lowest BCUT2D eigenvalue weighted by Crippen LogP contribution is -2.27. The van der Waals surface area contributed by atoms with Crippen LogP contribution in [0, 0.1) is 20.8 Å². The maximum atomic E-state index is 12.7. The van der Waals surface area contributed by atoms with E-state index in [4.69, 9.17) is 4.74 Å². The number of benzene rings is 2. The number of sulfonamides is 1. The molecule has 0 radical (unpaired) electrons. The summed E-state index contributed by atoms with van der Waals surface area (Å²) in [7, 11) is -1.95. The molecule has 0 amide bonds. The Morgan fingerprint density at radius 2 is 1.70 bits per heavy atom. The quantitative estimate of drug-likeness (QED) is 0.883. The minimum absolute atomic E-state index is 0.351. The third-order valence-corrected chi connectivity index (χ3v) is 5.77. The third-order valence-electron chi connectivity index (χ3n) is 4.02. The van der Waals surface area contributed by atoms with Gasteiger partial charge in [-0.15, -0.1) is 0 Å². The molecule has 0 saturated heterocycles. The number of aryl methyl sites for hydroxylation is 1. The summed E-state index contributed by atoms with van der Waals surface area (Å²) in [5, 5.41) is 0. The Morgan fingerprint density at radius 1 is 1.04 bits per heavy atom. The van der Waals surface area contributed by atoms with Gasteiger partial charge in [-0.3, -0.25) is 0 Å². The smallest absolute Gasteiger partial charge is 0.241 e. The lowest BCUT2D eigenvalue weighted by Gasteiger charge is -2.16. The van der Waals surface area contributed by atoms with Crippen molar-refractivity contribution in [2.45, 2.75) is 32.1 Å². The predicted octanol–water partition coefficient (Wildman–Crippen LogP) is 3.14. The van der Waals surface area contributed by atoms with Crippen molar-refractivity contribution >= 4 is 10.0 Å². The standard InChI is InChI=1S/C18H23NO3S/c1-13-12-17(22-4)14(2)15(3)18(13)23(20,21)19-11-10-16-8-6-5-7-9-16/h5-9,12,19H,10-11H2,1-4H3. The number of methoxy groups -OCH3 is 1. The second-order valence-electron chi connectivity index (χ2n) is 5.61. The minimum Gasteiger partial charge on any atom is -0.496 e.